The number of unbranched alkanes of at least 4 members (excludes halogenated alkanes) is 1. The summed E-state index contributed by atoms with van der Waals surface area (Å²) in [5, 5.41) is 0. The Kier molecular flexibility index (Phi) is 9.49. The standard InChI is InChI=1S/C40H50N2O/c1-9-12-13-21-38-30(7)37-20-15-19-36-29(6)31(8)42(39(36)40(37)43-38)34-24-22-32(23-25-34)33-17-14-18-35(26-33)41(27(4)11-3)28(5)16-10-2/h10-11,13-14,16-18,21-26,28,37,40H,9,12,15,19-20H2,1-8H3. The van der Waals surface area contributed by atoms with Crippen molar-refractivity contribution in [1.82, 2.24) is 4.57 Å². The Bertz CT molecular complexity index is 1560. The Balaban J connectivity index is 1.50. The molecule has 0 radical (unpaired) electrons. The van der Waals surface area contributed by atoms with Gasteiger partial charge < -0.3 is 14.2 Å². The van der Waals surface area contributed by atoms with Gasteiger partial charge in [-0.15, -0.1) is 0 Å². The third-order valence-corrected chi connectivity index (χ3v) is 9.64. The number of hydrogen-bond donors (Lipinski definition) is 0. The smallest absolute Gasteiger partial charge is 0.146 e. The SMILES string of the molecule is CC=CC(C)N(C(C)=CC)c1cccc(-c2ccc(-n3c(C)c(C)c4c3C3OC(C=CCCC)=C(C)C3CCC4)cc2)c1. The highest BCUT2D eigenvalue weighted by Crippen LogP contribution is 2.49. The summed E-state index contributed by atoms with van der Waals surface area (Å²) in [4.78, 5) is 2.40. The number of rotatable bonds is 9. The molecule has 0 saturated carbocycles. The van der Waals surface area contributed by atoms with Crippen LogP contribution in [0.4, 0.5) is 5.69 Å². The van der Waals surface area contributed by atoms with Gasteiger partial charge >= 0.3 is 0 Å². The van der Waals surface area contributed by atoms with Gasteiger partial charge in [-0.25, -0.2) is 0 Å². The van der Waals surface area contributed by atoms with Crippen molar-refractivity contribution < 1.29 is 4.74 Å². The quantitative estimate of drug-likeness (QED) is 0.237. The van der Waals surface area contributed by atoms with Gasteiger partial charge in [-0.05, 0) is 132 Å². The van der Waals surface area contributed by atoms with E-state index < -0.39 is 0 Å². The fourth-order valence-corrected chi connectivity index (χ4v) is 7.11. The van der Waals surface area contributed by atoms with Gasteiger partial charge in [0.25, 0.3) is 0 Å². The van der Waals surface area contributed by atoms with E-state index in [1.165, 1.54) is 69.1 Å². The third-order valence-electron chi connectivity index (χ3n) is 9.64. The number of fused-ring (bicyclic) bond motifs is 3. The molecule has 3 nitrogen and oxygen atoms in total. The van der Waals surface area contributed by atoms with Crippen LogP contribution in [0.2, 0.25) is 0 Å². The second kappa shape index (κ2) is 13.3. The van der Waals surface area contributed by atoms with Crippen molar-refractivity contribution in [2.24, 2.45) is 5.92 Å². The number of hydrogen-bond acceptors (Lipinski definition) is 2. The molecule has 43 heavy (non-hydrogen) atoms. The molecule has 3 aromatic rings. The van der Waals surface area contributed by atoms with Crippen LogP contribution >= 0.6 is 0 Å². The summed E-state index contributed by atoms with van der Waals surface area (Å²) in [7, 11) is 0. The van der Waals surface area contributed by atoms with E-state index in [0.717, 1.165) is 25.0 Å². The van der Waals surface area contributed by atoms with E-state index in [1.807, 2.05) is 0 Å². The maximum atomic E-state index is 6.81. The molecule has 3 atom stereocenters. The van der Waals surface area contributed by atoms with Gasteiger partial charge in [-0.2, -0.15) is 0 Å². The molecule has 0 amide bonds. The molecule has 226 valence electrons. The Morgan fingerprint density at radius 3 is 2.53 bits per heavy atom. The molecule has 0 N–H and O–H groups in total. The maximum Gasteiger partial charge on any atom is 0.146 e. The zero-order valence-electron chi connectivity index (χ0n) is 27.6. The van der Waals surface area contributed by atoms with Crippen molar-refractivity contribution >= 4 is 5.69 Å². The van der Waals surface area contributed by atoms with Crippen LogP contribution in [-0.2, 0) is 11.2 Å². The van der Waals surface area contributed by atoms with Crippen LogP contribution in [-0.4, -0.2) is 10.6 Å². The molecule has 1 aliphatic carbocycles. The number of allylic oxidation sites excluding steroid dienone is 5. The first kappa shape index (κ1) is 30.7. The van der Waals surface area contributed by atoms with E-state index in [2.05, 4.69) is 144 Å². The summed E-state index contributed by atoms with van der Waals surface area (Å²) in [6, 6.07) is 18.4. The minimum Gasteiger partial charge on any atom is -0.484 e. The normalized spacial score (nSPS) is 19.5. The van der Waals surface area contributed by atoms with E-state index in [1.54, 1.807) is 0 Å². The lowest BCUT2D eigenvalue weighted by molar-refractivity contribution is 0.113. The lowest BCUT2D eigenvalue weighted by Crippen LogP contribution is -2.29. The lowest BCUT2D eigenvalue weighted by atomic mass is 9.91. The first-order valence-electron chi connectivity index (χ1n) is 16.3. The second-order valence-electron chi connectivity index (χ2n) is 12.3. The zero-order valence-corrected chi connectivity index (χ0v) is 27.6. The number of benzene rings is 2. The predicted molar refractivity (Wildman–Crippen MR) is 184 cm³/mol. The average molecular weight is 575 g/mol. The highest BCUT2D eigenvalue weighted by molar-refractivity contribution is 5.71. The van der Waals surface area contributed by atoms with E-state index in [-0.39, 0.29) is 12.1 Å². The number of nitrogens with zero attached hydrogens (tertiary/aromatic N) is 2. The summed E-state index contributed by atoms with van der Waals surface area (Å²) in [6.45, 7) is 17.7. The predicted octanol–water partition coefficient (Wildman–Crippen LogP) is 11.1. The lowest BCUT2D eigenvalue weighted by Gasteiger charge is -2.30. The average Bonchev–Trinajstić information content (AvgIpc) is 3.36. The molecule has 2 aromatic carbocycles. The molecule has 0 spiro atoms. The molecule has 1 aliphatic heterocycles. The van der Waals surface area contributed by atoms with Crippen molar-refractivity contribution in [3.63, 3.8) is 0 Å². The van der Waals surface area contributed by atoms with E-state index in [9.17, 15) is 0 Å². The molecule has 2 aliphatic rings. The maximum absolute atomic E-state index is 6.81. The van der Waals surface area contributed by atoms with Gasteiger partial charge in [0, 0.05) is 34.7 Å². The van der Waals surface area contributed by atoms with Gasteiger partial charge in [0.1, 0.15) is 11.9 Å². The van der Waals surface area contributed by atoms with Crippen molar-refractivity contribution in [1.29, 1.82) is 0 Å². The van der Waals surface area contributed by atoms with Crippen LogP contribution in [0.1, 0.15) is 95.8 Å². The largest absolute Gasteiger partial charge is 0.484 e. The molecule has 1 aromatic heterocycles. The molecular weight excluding hydrogens is 524 g/mol. The van der Waals surface area contributed by atoms with Crippen molar-refractivity contribution in [2.75, 3.05) is 4.90 Å². The third kappa shape index (κ3) is 5.92. The molecule has 2 heterocycles. The van der Waals surface area contributed by atoms with Crippen LogP contribution < -0.4 is 4.90 Å². The number of aromatic nitrogens is 1. The Labute approximate surface area is 260 Å². The van der Waals surface area contributed by atoms with Gasteiger partial charge in [-0.1, -0.05) is 61.9 Å². The monoisotopic (exact) mass is 574 g/mol. The molecule has 0 fully saturated rings. The van der Waals surface area contributed by atoms with E-state index >= 15 is 0 Å². The second-order valence-corrected chi connectivity index (χ2v) is 12.3. The van der Waals surface area contributed by atoms with Gasteiger partial charge in [0.05, 0.1) is 5.69 Å². The van der Waals surface area contributed by atoms with Crippen LogP contribution in [0, 0.1) is 19.8 Å². The molecule has 3 heteroatoms. The zero-order chi connectivity index (χ0) is 30.7. The van der Waals surface area contributed by atoms with Crippen molar-refractivity contribution in [3.8, 4) is 16.8 Å². The van der Waals surface area contributed by atoms with Crippen LogP contribution in [0.15, 0.2) is 95.9 Å². The number of ether oxygens (including phenoxy) is 1. The van der Waals surface area contributed by atoms with Crippen molar-refractivity contribution in [3.05, 3.63) is 118 Å². The number of anilines is 1. The van der Waals surface area contributed by atoms with E-state index in [0.29, 0.717) is 5.92 Å². The van der Waals surface area contributed by atoms with Crippen LogP contribution in [0.3, 0.4) is 0 Å². The van der Waals surface area contributed by atoms with E-state index in [4.69, 9.17) is 4.74 Å². The first-order valence-corrected chi connectivity index (χ1v) is 16.3. The Morgan fingerprint density at radius 1 is 1.07 bits per heavy atom. The summed E-state index contributed by atoms with van der Waals surface area (Å²) >= 11 is 0. The minimum atomic E-state index is 0.0718. The van der Waals surface area contributed by atoms with Crippen LogP contribution in [0.5, 0.6) is 0 Å². The molecule has 3 unspecified atom stereocenters. The molecular formula is C40H50N2O. The summed E-state index contributed by atoms with van der Waals surface area (Å²) in [5.41, 5.74) is 13.1. The first-order chi connectivity index (χ1) is 20.8. The fourth-order valence-electron chi connectivity index (χ4n) is 7.11. The summed E-state index contributed by atoms with van der Waals surface area (Å²) in [5.74, 6) is 1.52. The molecule has 0 saturated heterocycles. The van der Waals surface area contributed by atoms with Crippen molar-refractivity contribution in [2.45, 2.75) is 99.6 Å². The topological polar surface area (TPSA) is 17.4 Å². The highest BCUT2D eigenvalue weighted by atomic mass is 16.5. The minimum absolute atomic E-state index is 0.0718. The van der Waals surface area contributed by atoms with Gasteiger partial charge in [0.2, 0.25) is 0 Å². The van der Waals surface area contributed by atoms with Crippen LogP contribution in [0.25, 0.3) is 16.8 Å². The summed E-state index contributed by atoms with van der Waals surface area (Å²) in [6.07, 6.45) is 16.9. The Morgan fingerprint density at radius 2 is 1.84 bits per heavy atom. The summed E-state index contributed by atoms with van der Waals surface area (Å²) < 4.78 is 9.31. The molecule has 5 rings (SSSR count). The van der Waals surface area contributed by atoms with Gasteiger partial charge in [0.15, 0.2) is 0 Å². The Hall–Kier alpha value is -3.72. The molecule has 0 bridgehead atoms. The van der Waals surface area contributed by atoms with Gasteiger partial charge in [-0.3, -0.25) is 0 Å². The highest BCUT2D eigenvalue weighted by Gasteiger charge is 2.40. The fraction of sp³-hybridized carbons (Fsp3) is 0.400.